The second-order valence-electron chi connectivity index (χ2n) is 9.36. The van der Waals surface area contributed by atoms with Gasteiger partial charge in [-0.3, -0.25) is 14.5 Å². The van der Waals surface area contributed by atoms with E-state index >= 15 is 0 Å². The molecule has 182 valence electrons. The predicted molar refractivity (Wildman–Crippen MR) is 153 cm³/mol. The van der Waals surface area contributed by atoms with E-state index in [2.05, 4.69) is 97.1 Å². The van der Waals surface area contributed by atoms with E-state index in [1.807, 2.05) is 30.3 Å². The maximum Gasteiger partial charge on any atom is 0.261 e. The van der Waals surface area contributed by atoms with Gasteiger partial charge < -0.3 is 0 Å². The molecule has 0 unspecified atom stereocenters. The third-order valence-corrected chi connectivity index (χ3v) is 7.03. The number of rotatable bonds is 5. The van der Waals surface area contributed by atoms with Crippen LogP contribution in [-0.2, 0) is 0 Å². The molecule has 38 heavy (non-hydrogen) atoms. The third-order valence-electron chi connectivity index (χ3n) is 7.03. The van der Waals surface area contributed by atoms with E-state index in [4.69, 9.17) is 0 Å². The van der Waals surface area contributed by atoms with Crippen LogP contribution < -0.4 is 0 Å². The van der Waals surface area contributed by atoms with Crippen LogP contribution >= 0.6 is 0 Å². The van der Waals surface area contributed by atoms with Crippen molar-refractivity contribution in [1.82, 2.24) is 4.90 Å². The molecule has 1 aliphatic rings. The van der Waals surface area contributed by atoms with Crippen molar-refractivity contribution >= 4 is 23.0 Å². The number of nitrogens with zero attached hydrogens (tertiary/aromatic N) is 1. The molecule has 0 aliphatic carbocycles. The largest absolute Gasteiger partial charge is 0.277 e. The number of imide groups is 1. The molecular formula is C35H25NO2. The Bertz CT molecular complexity index is 1630. The van der Waals surface area contributed by atoms with Gasteiger partial charge in [-0.25, -0.2) is 0 Å². The highest BCUT2D eigenvalue weighted by Gasteiger charge is 2.32. The second-order valence-corrected chi connectivity index (χ2v) is 9.36. The van der Waals surface area contributed by atoms with E-state index in [-0.39, 0.29) is 11.8 Å². The van der Waals surface area contributed by atoms with Gasteiger partial charge in [0, 0.05) is 7.05 Å². The summed E-state index contributed by atoms with van der Waals surface area (Å²) in [5.74, 6) is -0.507. The minimum absolute atomic E-state index is 0.251. The Morgan fingerprint density at radius 1 is 0.447 bits per heavy atom. The van der Waals surface area contributed by atoms with Crippen LogP contribution in [0, 0.1) is 0 Å². The van der Waals surface area contributed by atoms with E-state index in [1.165, 1.54) is 11.9 Å². The van der Waals surface area contributed by atoms with Crippen molar-refractivity contribution in [3.8, 4) is 11.1 Å². The summed E-state index contributed by atoms with van der Waals surface area (Å²) < 4.78 is 0. The summed E-state index contributed by atoms with van der Waals surface area (Å²) in [6.45, 7) is 0. The van der Waals surface area contributed by atoms with Gasteiger partial charge in [0.05, 0.1) is 11.1 Å². The Morgan fingerprint density at radius 3 is 1.32 bits per heavy atom. The maximum atomic E-state index is 12.5. The second kappa shape index (κ2) is 9.79. The lowest BCUT2D eigenvalue weighted by Crippen LogP contribution is -2.24. The summed E-state index contributed by atoms with van der Waals surface area (Å²) in [4.78, 5) is 26.0. The quantitative estimate of drug-likeness (QED) is 0.188. The Morgan fingerprint density at radius 2 is 0.842 bits per heavy atom. The van der Waals surface area contributed by atoms with E-state index < -0.39 is 0 Å². The molecule has 5 aromatic rings. The third kappa shape index (κ3) is 4.14. The number of benzene rings is 5. The molecule has 2 amide bonds. The van der Waals surface area contributed by atoms with Gasteiger partial charge in [-0.2, -0.15) is 0 Å². The molecule has 0 spiro atoms. The molecule has 0 atom stereocenters. The molecule has 3 nitrogen and oxygen atoms in total. The first-order valence-electron chi connectivity index (χ1n) is 12.6. The minimum atomic E-state index is -0.256. The van der Waals surface area contributed by atoms with Crippen molar-refractivity contribution in [3.05, 3.63) is 167 Å². The van der Waals surface area contributed by atoms with Crippen LogP contribution in [0.1, 0.15) is 43.0 Å². The lowest BCUT2D eigenvalue weighted by Gasteiger charge is -2.18. The number of hydrogen-bond donors (Lipinski definition) is 0. The van der Waals surface area contributed by atoms with Crippen LogP contribution in [0.25, 0.3) is 22.3 Å². The summed E-state index contributed by atoms with van der Waals surface area (Å²) >= 11 is 0. The molecule has 0 aromatic heterocycles. The van der Waals surface area contributed by atoms with Crippen molar-refractivity contribution in [2.24, 2.45) is 0 Å². The summed E-state index contributed by atoms with van der Waals surface area (Å²) in [5.41, 5.74) is 9.63. The predicted octanol–water partition coefficient (Wildman–Crippen LogP) is 7.59. The van der Waals surface area contributed by atoms with Gasteiger partial charge in [-0.05, 0) is 56.7 Å². The van der Waals surface area contributed by atoms with E-state index in [9.17, 15) is 9.59 Å². The van der Waals surface area contributed by atoms with Crippen LogP contribution in [0.15, 0.2) is 133 Å². The van der Waals surface area contributed by atoms with Gasteiger partial charge in [0.2, 0.25) is 0 Å². The lowest BCUT2D eigenvalue weighted by atomic mass is 9.85. The first kappa shape index (κ1) is 23.4. The molecule has 1 aliphatic heterocycles. The van der Waals surface area contributed by atoms with E-state index in [0.29, 0.717) is 11.1 Å². The van der Waals surface area contributed by atoms with Gasteiger partial charge >= 0.3 is 0 Å². The van der Waals surface area contributed by atoms with Gasteiger partial charge in [-0.1, -0.05) is 121 Å². The molecule has 0 bridgehead atoms. The average Bonchev–Trinajstić information content (AvgIpc) is 3.20. The molecule has 0 saturated heterocycles. The smallest absolute Gasteiger partial charge is 0.261 e. The molecule has 5 aromatic carbocycles. The zero-order valence-electron chi connectivity index (χ0n) is 21.0. The molecule has 0 fully saturated rings. The Kier molecular flexibility index (Phi) is 6.03. The van der Waals surface area contributed by atoms with Gasteiger partial charge in [-0.15, -0.1) is 0 Å². The first-order chi connectivity index (χ1) is 18.6. The molecular weight excluding hydrogens is 466 g/mol. The highest BCUT2D eigenvalue weighted by Crippen LogP contribution is 2.37. The Hall–Kier alpha value is -5.02. The molecule has 3 heteroatoms. The number of fused-ring (bicyclic) bond motifs is 1. The zero-order valence-corrected chi connectivity index (χ0v) is 21.0. The lowest BCUT2D eigenvalue weighted by molar-refractivity contribution is 0.0693. The van der Waals surface area contributed by atoms with Crippen LogP contribution in [0.4, 0.5) is 0 Å². The number of hydrogen-bond acceptors (Lipinski definition) is 2. The summed E-state index contributed by atoms with van der Waals surface area (Å²) in [6, 6.07) is 45.3. The van der Waals surface area contributed by atoms with Gasteiger partial charge in [0.15, 0.2) is 0 Å². The van der Waals surface area contributed by atoms with Crippen molar-refractivity contribution in [1.29, 1.82) is 0 Å². The zero-order chi connectivity index (χ0) is 26.1. The summed E-state index contributed by atoms with van der Waals surface area (Å²) in [7, 11) is 1.52. The molecule has 0 saturated carbocycles. The fraction of sp³-hybridized carbons (Fsp3) is 0.0286. The molecule has 0 N–H and O–H groups in total. The standard InChI is InChI=1S/C35H25NO2/c1-36-34(37)30-22-21-29(23-31(30)35(36)38)24-17-19-28(20-18-24)33(27-15-9-4-10-16-27)32(25-11-5-2-6-12-25)26-13-7-3-8-14-26/h2-23H,1H3. The van der Waals surface area contributed by atoms with Crippen molar-refractivity contribution in [3.63, 3.8) is 0 Å². The highest BCUT2D eigenvalue weighted by molar-refractivity contribution is 6.21. The molecule has 0 radical (unpaired) electrons. The number of carbonyl (C=O) groups is 2. The fourth-order valence-electron chi connectivity index (χ4n) is 5.10. The topological polar surface area (TPSA) is 37.4 Å². The van der Waals surface area contributed by atoms with Crippen LogP contribution in [-0.4, -0.2) is 23.8 Å². The van der Waals surface area contributed by atoms with Crippen molar-refractivity contribution < 1.29 is 9.59 Å². The number of carbonyl (C=O) groups excluding carboxylic acids is 2. The fourth-order valence-corrected chi connectivity index (χ4v) is 5.10. The Balaban J connectivity index is 1.51. The average molecular weight is 492 g/mol. The van der Waals surface area contributed by atoms with Crippen LogP contribution in [0.5, 0.6) is 0 Å². The number of amides is 2. The normalized spacial score (nSPS) is 12.4. The molecule has 6 rings (SSSR count). The summed E-state index contributed by atoms with van der Waals surface area (Å²) in [6.07, 6.45) is 0. The molecule has 1 heterocycles. The minimum Gasteiger partial charge on any atom is -0.277 e. The van der Waals surface area contributed by atoms with E-state index in [1.54, 1.807) is 6.07 Å². The van der Waals surface area contributed by atoms with Gasteiger partial charge in [0.25, 0.3) is 11.8 Å². The summed E-state index contributed by atoms with van der Waals surface area (Å²) in [5, 5.41) is 0. The van der Waals surface area contributed by atoms with Crippen molar-refractivity contribution in [2.45, 2.75) is 0 Å². The first-order valence-corrected chi connectivity index (χ1v) is 12.6. The van der Waals surface area contributed by atoms with Crippen LogP contribution in [0.3, 0.4) is 0 Å². The SMILES string of the molecule is CN1C(=O)c2ccc(-c3ccc(C(=C(c4ccccc4)c4ccccc4)c4ccccc4)cc3)cc2C1=O. The Labute approximate surface area is 222 Å². The van der Waals surface area contributed by atoms with E-state index in [0.717, 1.165) is 44.5 Å². The van der Waals surface area contributed by atoms with Crippen LogP contribution in [0.2, 0.25) is 0 Å². The van der Waals surface area contributed by atoms with Gasteiger partial charge in [0.1, 0.15) is 0 Å². The monoisotopic (exact) mass is 491 g/mol. The highest BCUT2D eigenvalue weighted by atomic mass is 16.2. The maximum absolute atomic E-state index is 12.5. The van der Waals surface area contributed by atoms with Crippen molar-refractivity contribution in [2.75, 3.05) is 7.05 Å².